The summed E-state index contributed by atoms with van der Waals surface area (Å²) in [7, 11) is 2.09. The fourth-order valence-corrected chi connectivity index (χ4v) is 3.36. The molecule has 0 fully saturated rings. The molecule has 6 nitrogen and oxygen atoms in total. The minimum absolute atomic E-state index is 0.225. The number of hydrogen-bond acceptors (Lipinski definition) is 4. The van der Waals surface area contributed by atoms with Crippen molar-refractivity contribution in [3.05, 3.63) is 65.4 Å². The van der Waals surface area contributed by atoms with Gasteiger partial charge in [0.1, 0.15) is 5.75 Å². The molecule has 0 bridgehead atoms. The van der Waals surface area contributed by atoms with Gasteiger partial charge in [-0.1, -0.05) is 0 Å². The van der Waals surface area contributed by atoms with E-state index in [2.05, 4.69) is 11.9 Å². The Kier molecular flexibility index (Phi) is 3.97. The van der Waals surface area contributed by atoms with Gasteiger partial charge >= 0.3 is 5.97 Å². The zero-order valence-corrected chi connectivity index (χ0v) is 14.4. The maximum absolute atomic E-state index is 11.1. The van der Waals surface area contributed by atoms with Gasteiger partial charge in [0.2, 0.25) is 0 Å². The average Bonchev–Trinajstić information content (AvgIpc) is 3.01. The molecule has 2 N–H and O–H groups in total. The zero-order valence-electron chi connectivity index (χ0n) is 14.4. The minimum Gasteiger partial charge on any atom is -0.508 e. The number of likely N-dealkylation sites (N-methyl/N-ethyl adjacent to an activating group) is 1. The SMILES string of the molecule is CN1CCc2c(c(-c3ccc(O)cc3)nn2-c2ccc(C(=O)O)cc2)C1. The van der Waals surface area contributed by atoms with Gasteiger partial charge < -0.3 is 15.1 Å². The van der Waals surface area contributed by atoms with Gasteiger partial charge in [-0.05, 0) is 55.6 Å². The summed E-state index contributed by atoms with van der Waals surface area (Å²) in [5, 5.41) is 23.5. The summed E-state index contributed by atoms with van der Waals surface area (Å²) in [6.45, 7) is 1.75. The largest absolute Gasteiger partial charge is 0.508 e. The number of phenolic OH excluding ortho intramolecular Hbond substituents is 1. The van der Waals surface area contributed by atoms with Crippen LogP contribution in [0, 0.1) is 0 Å². The molecule has 0 radical (unpaired) electrons. The number of rotatable bonds is 3. The second-order valence-electron chi connectivity index (χ2n) is 6.57. The molecule has 0 aliphatic carbocycles. The number of nitrogens with zero attached hydrogens (tertiary/aromatic N) is 3. The van der Waals surface area contributed by atoms with Crippen LogP contribution in [0.3, 0.4) is 0 Å². The molecule has 26 heavy (non-hydrogen) atoms. The molecule has 0 spiro atoms. The Morgan fingerprint density at radius 3 is 2.42 bits per heavy atom. The van der Waals surface area contributed by atoms with Crippen molar-refractivity contribution < 1.29 is 15.0 Å². The van der Waals surface area contributed by atoms with Gasteiger partial charge in [0.05, 0.1) is 22.6 Å². The van der Waals surface area contributed by atoms with Crippen molar-refractivity contribution in [3.63, 3.8) is 0 Å². The Labute approximate surface area is 150 Å². The van der Waals surface area contributed by atoms with E-state index in [1.807, 2.05) is 16.8 Å². The summed E-state index contributed by atoms with van der Waals surface area (Å²) in [4.78, 5) is 13.3. The van der Waals surface area contributed by atoms with Crippen molar-refractivity contribution in [1.29, 1.82) is 0 Å². The summed E-state index contributed by atoms with van der Waals surface area (Å²) in [6, 6.07) is 13.8. The fraction of sp³-hybridized carbons (Fsp3) is 0.200. The van der Waals surface area contributed by atoms with Crippen molar-refractivity contribution in [2.75, 3.05) is 13.6 Å². The molecular formula is C20H19N3O3. The van der Waals surface area contributed by atoms with E-state index in [1.165, 1.54) is 5.56 Å². The Hall–Kier alpha value is -3.12. The van der Waals surface area contributed by atoms with Crippen LogP contribution >= 0.6 is 0 Å². The number of aromatic carboxylic acids is 1. The van der Waals surface area contributed by atoms with Gasteiger partial charge in [0.25, 0.3) is 0 Å². The monoisotopic (exact) mass is 349 g/mol. The van der Waals surface area contributed by atoms with Crippen LogP contribution in [0.4, 0.5) is 0 Å². The number of aromatic nitrogens is 2. The molecule has 1 aliphatic heterocycles. The van der Waals surface area contributed by atoms with Crippen LogP contribution in [-0.2, 0) is 13.0 Å². The third-order valence-electron chi connectivity index (χ3n) is 4.75. The van der Waals surface area contributed by atoms with E-state index in [9.17, 15) is 9.90 Å². The topological polar surface area (TPSA) is 78.6 Å². The molecule has 0 saturated heterocycles. The first-order valence-electron chi connectivity index (χ1n) is 8.45. The summed E-state index contributed by atoms with van der Waals surface area (Å²) in [5.74, 6) is -0.714. The number of fused-ring (bicyclic) bond motifs is 1. The van der Waals surface area contributed by atoms with Crippen molar-refractivity contribution in [1.82, 2.24) is 14.7 Å². The Bertz CT molecular complexity index is 959. The second-order valence-corrected chi connectivity index (χ2v) is 6.57. The van der Waals surface area contributed by atoms with E-state index in [0.29, 0.717) is 0 Å². The lowest BCUT2D eigenvalue weighted by molar-refractivity contribution is 0.0697. The van der Waals surface area contributed by atoms with Crippen LogP contribution in [0.25, 0.3) is 16.9 Å². The lowest BCUT2D eigenvalue weighted by atomic mass is 10.0. The van der Waals surface area contributed by atoms with Gasteiger partial charge in [-0.25, -0.2) is 9.48 Å². The lowest BCUT2D eigenvalue weighted by Crippen LogP contribution is -2.27. The summed E-state index contributed by atoms with van der Waals surface area (Å²) in [5.41, 5.74) is 5.28. The third kappa shape index (κ3) is 2.84. The first-order chi connectivity index (χ1) is 12.5. The number of hydrogen-bond donors (Lipinski definition) is 2. The molecule has 4 rings (SSSR count). The van der Waals surface area contributed by atoms with Crippen molar-refractivity contribution >= 4 is 5.97 Å². The Morgan fingerprint density at radius 2 is 1.77 bits per heavy atom. The molecule has 1 aliphatic rings. The van der Waals surface area contributed by atoms with Crippen molar-refractivity contribution in [3.8, 4) is 22.7 Å². The van der Waals surface area contributed by atoms with Crippen molar-refractivity contribution in [2.24, 2.45) is 0 Å². The number of carboxylic acid groups (broad SMARTS) is 1. The number of carbonyl (C=O) groups is 1. The van der Waals surface area contributed by atoms with E-state index >= 15 is 0 Å². The van der Waals surface area contributed by atoms with E-state index in [-0.39, 0.29) is 11.3 Å². The highest BCUT2D eigenvalue weighted by atomic mass is 16.4. The maximum atomic E-state index is 11.1. The molecule has 0 saturated carbocycles. The van der Waals surface area contributed by atoms with E-state index in [1.54, 1.807) is 36.4 Å². The van der Waals surface area contributed by atoms with Crippen LogP contribution in [0.1, 0.15) is 21.6 Å². The van der Waals surface area contributed by atoms with Gasteiger partial charge in [0, 0.05) is 30.6 Å². The molecule has 2 heterocycles. The quantitative estimate of drug-likeness (QED) is 0.760. The molecular weight excluding hydrogens is 330 g/mol. The molecule has 1 aromatic heterocycles. The average molecular weight is 349 g/mol. The van der Waals surface area contributed by atoms with Gasteiger partial charge in [-0.3, -0.25) is 0 Å². The highest BCUT2D eigenvalue weighted by Crippen LogP contribution is 2.32. The van der Waals surface area contributed by atoms with Crippen LogP contribution in [0.2, 0.25) is 0 Å². The van der Waals surface area contributed by atoms with Crippen LogP contribution < -0.4 is 0 Å². The third-order valence-corrected chi connectivity index (χ3v) is 4.75. The number of carboxylic acids is 1. The predicted octanol–water partition coefficient (Wildman–Crippen LogP) is 2.93. The Balaban J connectivity index is 1.84. The molecule has 0 unspecified atom stereocenters. The highest BCUT2D eigenvalue weighted by molar-refractivity contribution is 5.87. The summed E-state index contributed by atoms with van der Waals surface area (Å²) in [6.07, 6.45) is 0.873. The standard InChI is InChI=1S/C20H19N3O3/c1-22-11-10-18-17(12-22)19(13-4-8-16(24)9-5-13)21-23(18)15-6-2-14(3-7-15)20(25)26/h2-9,24H,10-12H2,1H3,(H,25,26). The molecule has 0 atom stereocenters. The first kappa shape index (κ1) is 16.4. The maximum Gasteiger partial charge on any atom is 0.335 e. The smallest absolute Gasteiger partial charge is 0.335 e. The highest BCUT2D eigenvalue weighted by Gasteiger charge is 2.24. The minimum atomic E-state index is -0.939. The van der Waals surface area contributed by atoms with Crippen LogP contribution in [-0.4, -0.2) is 44.5 Å². The predicted molar refractivity (Wildman–Crippen MR) is 97.7 cm³/mol. The molecule has 0 amide bonds. The van der Waals surface area contributed by atoms with Gasteiger partial charge in [0.15, 0.2) is 0 Å². The van der Waals surface area contributed by atoms with E-state index in [4.69, 9.17) is 10.2 Å². The summed E-state index contributed by atoms with van der Waals surface area (Å²) < 4.78 is 1.91. The number of phenols is 1. The first-order valence-corrected chi connectivity index (χ1v) is 8.45. The number of aromatic hydroxyl groups is 1. The normalized spacial score (nSPS) is 14.2. The second kappa shape index (κ2) is 6.31. The molecule has 2 aromatic carbocycles. The lowest BCUT2D eigenvalue weighted by Gasteiger charge is -2.23. The number of benzene rings is 2. The van der Waals surface area contributed by atoms with Gasteiger partial charge in [-0.15, -0.1) is 0 Å². The fourth-order valence-electron chi connectivity index (χ4n) is 3.36. The van der Waals surface area contributed by atoms with E-state index in [0.717, 1.165) is 42.1 Å². The van der Waals surface area contributed by atoms with E-state index < -0.39 is 5.97 Å². The van der Waals surface area contributed by atoms with Crippen LogP contribution in [0.5, 0.6) is 5.75 Å². The summed E-state index contributed by atoms with van der Waals surface area (Å²) >= 11 is 0. The zero-order chi connectivity index (χ0) is 18.3. The molecule has 6 heteroatoms. The van der Waals surface area contributed by atoms with Crippen LogP contribution in [0.15, 0.2) is 48.5 Å². The molecule has 132 valence electrons. The van der Waals surface area contributed by atoms with Gasteiger partial charge in [-0.2, -0.15) is 5.10 Å². The van der Waals surface area contributed by atoms with Crippen molar-refractivity contribution in [2.45, 2.75) is 13.0 Å². The molecule has 3 aromatic rings. The Morgan fingerprint density at radius 1 is 1.08 bits per heavy atom.